The van der Waals surface area contributed by atoms with Gasteiger partial charge >= 0.3 is 0 Å². The minimum atomic E-state index is 0.896. The summed E-state index contributed by atoms with van der Waals surface area (Å²) < 4.78 is 0. The van der Waals surface area contributed by atoms with Gasteiger partial charge in [0.05, 0.1) is 6.33 Å². The molecule has 0 saturated heterocycles. The minimum absolute atomic E-state index is 0.896. The second kappa shape index (κ2) is 7.43. The fourth-order valence-corrected chi connectivity index (χ4v) is 0.215. The fraction of sp³-hybridized carbons (Fsp3) is 0.167. The lowest BCUT2D eigenvalue weighted by Crippen LogP contribution is -1.44. The largest absolute Gasteiger partial charge is 0.351 e. The molecule has 0 radical (unpaired) electrons. The highest BCUT2D eigenvalue weighted by Crippen LogP contribution is 1.73. The lowest BCUT2D eigenvalue weighted by Gasteiger charge is -1.55. The zero-order chi connectivity index (χ0) is 6.95. The molecule has 1 aromatic heterocycles. The lowest BCUT2D eigenvalue weighted by atomic mass is 10.8. The third-order valence-corrected chi connectivity index (χ3v) is 0.973. The van der Waals surface area contributed by atoms with Crippen molar-refractivity contribution in [3.8, 4) is 0 Å². The quantitative estimate of drug-likeness (QED) is 0.531. The number of H-pyrrole nitrogens is 1. The Kier molecular flexibility index (Phi) is 6.96. The average molecular weight is 189 g/mol. The molecule has 0 fully saturated rings. The summed E-state index contributed by atoms with van der Waals surface area (Å²) in [5.74, 6) is 0. The Labute approximate surface area is 63.1 Å². The highest BCUT2D eigenvalue weighted by atomic mass is 79.9. The highest BCUT2D eigenvalue weighted by molar-refractivity contribution is 9.09. The van der Waals surface area contributed by atoms with Crippen LogP contribution in [-0.4, -0.2) is 15.3 Å². The molecule has 0 unspecified atom stereocenters. The number of rotatable bonds is 1. The van der Waals surface area contributed by atoms with E-state index in [-0.39, 0.29) is 0 Å². The molecule has 2 nitrogen and oxygen atoms in total. The van der Waals surface area contributed by atoms with Gasteiger partial charge in [-0.1, -0.05) is 22.0 Å². The number of halogens is 1. The van der Waals surface area contributed by atoms with Gasteiger partial charge in [0, 0.05) is 17.7 Å². The van der Waals surface area contributed by atoms with Crippen LogP contribution in [0.15, 0.2) is 31.4 Å². The Balaban J connectivity index is 0.000000148. The molecule has 1 rings (SSSR count). The van der Waals surface area contributed by atoms with Gasteiger partial charge < -0.3 is 4.98 Å². The van der Waals surface area contributed by atoms with Gasteiger partial charge in [-0.05, 0) is 0 Å². The summed E-state index contributed by atoms with van der Waals surface area (Å²) in [4.78, 5) is 6.42. The van der Waals surface area contributed by atoms with Gasteiger partial charge in [0.2, 0.25) is 0 Å². The molecule has 0 atom stereocenters. The van der Waals surface area contributed by atoms with E-state index in [1.165, 1.54) is 0 Å². The summed E-state index contributed by atoms with van der Waals surface area (Å²) in [6, 6.07) is 0. The number of nitrogens with one attached hydrogen (secondary N) is 1. The predicted molar refractivity (Wildman–Crippen MR) is 42.6 cm³/mol. The summed E-state index contributed by atoms with van der Waals surface area (Å²) in [5.41, 5.74) is 0. The van der Waals surface area contributed by atoms with E-state index < -0.39 is 0 Å². The molecule has 0 spiro atoms. The topological polar surface area (TPSA) is 28.7 Å². The standard InChI is InChI=1S/C3H5Br.C3H4N2/c1-2-3-4;1-2-5-3-4-1/h2H,1,3H2;1-3H,(H,4,5). The lowest BCUT2D eigenvalue weighted by molar-refractivity contribution is 1.31. The second-order valence-electron chi connectivity index (χ2n) is 1.20. The Bertz CT molecular complexity index is 108. The number of allylic oxidation sites excluding steroid dienone is 1. The van der Waals surface area contributed by atoms with Crippen molar-refractivity contribution in [1.82, 2.24) is 9.97 Å². The van der Waals surface area contributed by atoms with Gasteiger partial charge in [0.1, 0.15) is 0 Å². The molecule has 0 saturated carbocycles. The molecule has 1 heterocycles. The van der Waals surface area contributed by atoms with Crippen molar-refractivity contribution in [2.45, 2.75) is 0 Å². The van der Waals surface area contributed by atoms with Crippen molar-refractivity contribution >= 4 is 15.9 Å². The van der Waals surface area contributed by atoms with Crippen LogP contribution in [0.25, 0.3) is 0 Å². The van der Waals surface area contributed by atoms with Gasteiger partial charge in [-0.15, -0.1) is 6.58 Å². The number of nitrogens with zero attached hydrogens (tertiary/aromatic N) is 1. The van der Waals surface area contributed by atoms with Crippen LogP contribution >= 0.6 is 15.9 Å². The molecule has 9 heavy (non-hydrogen) atoms. The van der Waals surface area contributed by atoms with Crippen molar-refractivity contribution in [2.24, 2.45) is 0 Å². The van der Waals surface area contributed by atoms with Crippen LogP contribution in [0.1, 0.15) is 0 Å². The second-order valence-corrected chi connectivity index (χ2v) is 1.85. The monoisotopic (exact) mass is 188 g/mol. The van der Waals surface area contributed by atoms with Crippen molar-refractivity contribution in [3.63, 3.8) is 0 Å². The molecule has 1 aromatic rings. The number of aromatic nitrogens is 2. The van der Waals surface area contributed by atoms with Crippen molar-refractivity contribution in [1.29, 1.82) is 0 Å². The van der Waals surface area contributed by atoms with Crippen LogP contribution in [0.2, 0.25) is 0 Å². The van der Waals surface area contributed by atoms with E-state index in [0.29, 0.717) is 0 Å². The number of aromatic amines is 1. The number of hydrogen-bond donors (Lipinski definition) is 1. The third-order valence-electron chi connectivity index (χ3n) is 0.515. The van der Waals surface area contributed by atoms with Gasteiger partial charge in [-0.25, -0.2) is 4.98 Å². The summed E-state index contributed by atoms with van der Waals surface area (Å²) in [6.07, 6.45) is 6.88. The van der Waals surface area contributed by atoms with E-state index in [4.69, 9.17) is 0 Å². The first-order valence-corrected chi connectivity index (χ1v) is 3.63. The van der Waals surface area contributed by atoms with Gasteiger partial charge in [0.15, 0.2) is 0 Å². The predicted octanol–water partition coefficient (Wildman–Crippen LogP) is 1.98. The fourth-order valence-electron chi connectivity index (χ4n) is 0.215. The minimum Gasteiger partial charge on any atom is -0.351 e. The van der Waals surface area contributed by atoms with Crippen molar-refractivity contribution in [3.05, 3.63) is 31.4 Å². The van der Waals surface area contributed by atoms with Crippen molar-refractivity contribution in [2.75, 3.05) is 5.33 Å². The first-order chi connectivity index (χ1) is 4.41. The number of imidazole rings is 1. The Morgan fingerprint density at radius 1 is 1.78 bits per heavy atom. The van der Waals surface area contributed by atoms with Crippen LogP contribution in [-0.2, 0) is 0 Å². The molecule has 50 valence electrons. The molecular weight excluding hydrogens is 180 g/mol. The zero-order valence-electron chi connectivity index (χ0n) is 5.05. The molecule has 0 aliphatic heterocycles. The molecule has 3 heteroatoms. The number of alkyl halides is 1. The SMILES string of the molecule is C=CCBr.c1c[nH]cn1. The maximum atomic E-state index is 3.67. The van der Waals surface area contributed by atoms with Gasteiger partial charge in [-0.3, -0.25) is 0 Å². The molecular formula is C6H9BrN2. The van der Waals surface area contributed by atoms with E-state index in [2.05, 4.69) is 32.5 Å². The Hall–Kier alpha value is -0.570. The first kappa shape index (κ1) is 8.43. The molecule has 1 N–H and O–H groups in total. The Morgan fingerprint density at radius 2 is 2.44 bits per heavy atom. The highest BCUT2D eigenvalue weighted by Gasteiger charge is 1.56. The molecule has 0 aromatic carbocycles. The van der Waals surface area contributed by atoms with E-state index >= 15 is 0 Å². The Morgan fingerprint density at radius 3 is 2.56 bits per heavy atom. The maximum Gasteiger partial charge on any atom is 0.0919 e. The summed E-state index contributed by atoms with van der Waals surface area (Å²) in [6.45, 7) is 3.43. The summed E-state index contributed by atoms with van der Waals surface area (Å²) in [7, 11) is 0. The van der Waals surface area contributed by atoms with Gasteiger partial charge in [-0.2, -0.15) is 0 Å². The van der Waals surface area contributed by atoms with Crippen LogP contribution in [0.5, 0.6) is 0 Å². The zero-order valence-corrected chi connectivity index (χ0v) is 6.63. The third kappa shape index (κ3) is 7.43. The summed E-state index contributed by atoms with van der Waals surface area (Å²) >= 11 is 3.13. The van der Waals surface area contributed by atoms with E-state index in [1.54, 1.807) is 24.8 Å². The average Bonchev–Trinajstić information content (AvgIpc) is 2.43. The first-order valence-electron chi connectivity index (χ1n) is 2.51. The maximum absolute atomic E-state index is 3.67. The molecule has 0 aliphatic rings. The van der Waals surface area contributed by atoms with Crippen LogP contribution in [0, 0.1) is 0 Å². The number of hydrogen-bond acceptors (Lipinski definition) is 1. The van der Waals surface area contributed by atoms with Crippen LogP contribution in [0.3, 0.4) is 0 Å². The molecule has 0 amide bonds. The summed E-state index contributed by atoms with van der Waals surface area (Å²) in [5, 5.41) is 0.896. The van der Waals surface area contributed by atoms with E-state index in [1.807, 2.05) is 0 Å². The van der Waals surface area contributed by atoms with E-state index in [0.717, 1.165) is 5.33 Å². The van der Waals surface area contributed by atoms with Crippen LogP contribution < -0.4 is 0 Å². The molecule has 0 aliphatic carbocycles. The normalized spacial score (nSPS) is 7.22. The van der Waals surface area contributed by atoms with Crippen molar-refractivity contribution < 1.29 is 0 Å². The van der Waals surface area contributed by atoms with Crippen LogP contribution in [0.4, 0.5) is 0 Å². The molecule has 0 bridgehead atoms. The van der Waals surface area contributed by atoms with Gasteiger partial charge in [0.25, 0.3) is 0 Å². The smallest absolute Gasteiger partial charge is 0.0919 e. The van der Waals surface area contributed by atoms with E-state index in [9.17, 15) is 0 Å².